The lowest BCUT2D eigenvalue weighted by Gasteiger charge is -2.31. The molecule has 0 saturated carbocycles. The maximum atomic E-state index is 13.0. The summed E-state index contributed by atoms with van der Waals surface area (Å²) < 4.78 is 5.97. The Hall–Kier alpha value is -3.34. The van der Waals surface area contributed by atoms with E-state index < -0.39 is 6.10 Å². The third-order valence-corrected chi connectivity index (χ3v) is 4.44. The van der Waals surface area contributed by atoms with E-state index in [1.54, 1.807) is 13.0 Å². The Morgan fingerprint density at radius 2 is 1.77 bits per heavy atom. The second-order valence-corrected chi connectivity index (χ2v) is 6.23. The standard InChI is InChI=1S/C21H18N2O3/c1-14(26-19-12-6-8-15-7-2-3-9-16(15)19)21(25)23-13-20(24)22-17-10-4-5-11-18(17)23/h2-12,14H,13H2,1H3,(H,22,24)/t14-/m1/s1. The van der Waals surface area contributed by atoms with Crippen LogP contribution in [0, 0.1) is 0 Å². The van der Waals surface area contributed by atoms with Gasteiger partial charge in [0.1, 0.15) is 12.3 Å². The summed E-state index contributed by atoms with van der Waals surface area (Å²) in [4.78, 5) is 26.4. The summed E-state index contributed by atoms with van der Waals surface area (Å²) in [7, 11) is 0. The van der Waals surface area contributed by atoms with Crippen LogP contribution in [0.15, 0.2) is 66.7 Å². The Balaban J connectivity index is 1.61. The van der Waals surface area contributed by atoms with Crippen LogP contribution in [0.1, 0.15) is 6.92 Å². The van der Waals surface area contributed by atoms with Crippen LogP contribution in [0.4, 0.5) is 11.4 Å². The molecule has 130 valence electrons. The van der Waals surface area contributed by atoms with Gasteiger partial charge >= 0.3 is 0 Å². The summed E-state index contributed by atoms with van der Waals surface area (Å²) in [5.41, 5.74) is 1.32. The summed E-state index contributed by atoms with van der Waals surface area (Å²) in [6.07, 6.45) is -0.722. The molecule has 0 unspecified atom stereocenters. The maximum absolute atomic E-state index is 13.0. The Bertz CT molecular complexity index is 994. The number of hydrogen-bond donors (Lipinski definition) is 1. The van der Waals surface area contributed by atoms with Crippen molar-refractivity contribution < 1.29 is 14.3 Å². The molecule has 0 fully saturated rings. The fraction of sp³-hybridized carbons (Fsp3) is 0.143. The van der Waals surface area contributed by atoms with Gasteiger partial charge in [0.15, 0.2) is 6.10 Å². The molecular formula is C21H18N2O3. The monoisotopic (exact) mass is 346 g/mol. The Morgan fingerprint density at radius 1 is 1.04 bits per heavy atom. The quantitative estimate of drug-likeness (QED) is 0.788. The molecular weight excluding hydrogens is 328 g/mol. The first-order valence-corrected chi connectivity index (χ1v) is 8.48. The Kier molecular flexibility index (Phi) is 4.05. The molecule has 5 nitrogen and oxygen atoms in total. The molecule has 1 atom stereocenters. The van der Waals surface area contributed by atoms with E-state index in [1.165, 1.54) is 4.90 Å². The van der Waals surface area contributed by atoms with Crippen LogP contribution >= 0.6 is 0 Å². The van der Waals surface area contributed by atoms with Crippen LogP contribution in [-0.4, -0.2) is 24.5 Å². The SMILES string of the molecule is C[C@@H](Oc1cccc2ccccc12)C(=O)N1CC(=O)Nc2ccccc21. The summed E-state index contributed by atoms with van der Waals surface area (Å²) in [6.45, 7) is 1.69. The molecule has 26 heavy (non-hydrogen) atoms. The van der Waals surface area contributed by atoms with Crippen LogP contribution < -0.4 is 15.0 Å². The van der Waals surface area contributed by atoms with E-state index in [1.807, 2.05) is 60.7 Å². The number of ether oxygens (including phenoxy) is 1. The number of fused-ring (bicyclic) bond motifs is 2. The summed E-state index contributed by atoms with van der Waals surface area (Å²) in [5, 5.41) is 4.78. The van der Waals surface area contributed by atoms with Crippen molar-refractivity contribution in [2.45, 2.75) is 13.0 Å². The van der Waals surface area contributed by atoms with Gasteiger partial charge in [-0.05, 0) is 30.5 Å². The van der Waals surface area contributed by atoms with Gasteiger partial charge < -0.3 is 10.1 Å². The normalized spacial score (nSPS) is 14.5. The van der Waals surface area contributed by atoms with Crippen molar-refractivity contribution in [1.82, 2.24) is 0 Å². The molecule has 1 heterocycles. The highest BCUT2D eigenvalue weighted by Crippen LogP contribution is 2.31. The largest absolute Gasteiger partial charge is 0.480 e. The fourth-order valence-electron chi connectivity index (χ4n) is 3.19. The van der Waals surface area contributed by atoms with Gasteiger partial charge in [0.2, 0.25) is 5.91 Å². The van der Waals surface area contributed by atoms with E-state index in [0.29, 0.717) is 17.1 Å². The third kappa shape index (κ3) is 2.88. The highest BCUT2D eigenvalue weighted by Gasteiger charge is 2.30. The van der Waals surface area contributed by atoms with Gasteiger partial charge in [-0.2, -0.15) is 0 Å². The maximum Gasteiger partial charge on any atom is 0.268 e. The number of carbonyl (C=O) groups excluding carboxylic acids is 2. The summed E-state index contributed by atoms with van der Waals surface area (Å²) in [5.74, 6) is 0.188. The molecule has 0 aromatic heterocycles. The number of rotatable bonds is 3. The minimum Gasteiger partial charge on any atom is -0.480 e. The van der Waals surface area contributed by atoms with Crippen LogP contribution in [0.2, 0.25) is 0 Å². The zero-order valence-corrected chi connectivity index (χ0v) is 14.3. The predicted octanol–water partition coefficient (Wildman–Crippen LogP) is 3.59. The number of anilines is 2. The lowest BCUT2D eigenvalue weighted by Crippen LogP contribution is -2.47. The van der Waals surface area contributed by atoms with E-state index >= 15 is 0 Å². The molecule has 0 bridgehead atoms. The van der Waals surface area contributed by atoms with E-state index in [2.05, 4.69) is 5.32 Å². The first-order chi connectivity index (χ1) is 12.6. The smallest absolute Gasteiger partial charge is 0.268 e. The van der Waals surface area contributed by atoms with E-state index in [-0.39, 0.29) is 18.4 Å². The van der Waals surface area contributed by atoms with Crippen molar-refractivity contribution >= 4 is 34.0 Å². The minimum absolute atomic E-state index is 0.0148. The summed E-state index contributed by atoms with van der Waals surface area (Å²) >= 11 is 0. The average molecular weight is 346 g/mol. The van der Waals surface area contributed by atoms with Gasteiger partial charge in [-0.3, -0.25) is 14.5 Å². The van der Waals surface area contributed by atoms with Gasteiger partial charge in [0.25, 0.3) is 5.91 Å². The zero-order chi connectivity index (χ0) is 18.1. The molecule has 0 radical (unpaired) electrons. The lowest BCUT2D eigenvalue weighted by atomic mass is 10.1. The van der Waals surface area contributed by atoms with Gasteiger partial charge in [0, 0.05) is 5.39 Å². The predicted molar refractivity (Wildman–Crippen MR) is 101 cm³/mol. The number of hydrogen-bond acceptors (Lipinski definition) is 3. The second kappa shape index (κ2) is 6.52. The van der Waals surface area contributed by atoms with Gasteiger partial charge in [0.05, 0.1) is 11.4 Å². The van der Waals surface area contributed by atoms with E-state index in [4.69, 9.17) is 4.74 Å². The molecule has 1 aliphatic heterocycles. The van der Waals surface area contributed by atoms with E-state index in [9.17, 15) is 9.59 Å². The average Bonchev–Trinajstić information content (AvgIpc) is 2.67. The van der Waals surface area contributed by atoms with Gasteiger partial charge in [-0.1, -0.05) is 48.5 Å². The lowest BCUT2D eigenvalue weighted by molar-refractivity contribution is -0.126. The first-order valence-electron chi connectivity index (χ1n) is 8.48. The molecule has 3 aromatic carbocycles. The number of para-hydroxylation sites is 2. The molecule has 0 aliphatic carbocycles. The molecule has 1 N–H and O–H groups in total. The topological polar surface area (TPSA) is 58.6 Å². The first kappa shape index (κ1) is 16.1. The number of nitrogens with one attached hydrogen (secondary N) is 1. The van der Waals surface area contributed by atoms with Crippen molar-refractivity contribution in [2.75, 3.05) is 16.8 Å². The fourth-order valence-corrected chi connectivity index (χ4v) is 3.19. The molecule has 1 aliphatic rings. The van der Waals surface area contributed by atoms with E-state index in [0.717, 1.165) is 10.8 Å². The van der Waals surface area contributed by atoms with Gasteiger partial charge in [-0.15, -0.1) is 0 Å². The Labute approximate surface area is 151 Å². The van der Waals surface area contributed by atoms with Crippen molar-refractivity contribution in [1.29, 1.82) is 0 Å². The highest BCUT2D eigenvalue weighted by molar-refractivity contribution is 6.11. The van der Waals surface area contributed by atoms with Crippen molar-refractivity contribution in [3.63, 3.8) is 0 Å². The number of nitrogens with zero attached hydrogens (tertiary/aromatic N) is 1. The van der Waals surface area contributed by atoms with Crippen LogP contribution in [0.3, 0.4) is 0 Å². The zero-order valence-electron chi connectivity index (χ0n) is 14.3. The molecule has 2 amide bonds. The highest BCUT2D eigenvalue weighted by atomic mass is 16.5. The molecule has 4 rings (SSSR count). The van der Waals surface area contributed by atoms with Crippen LogP contribution in [-0.2, 0) is 9.59 Å². The third-order valence-electron chi connectivity index (χ3n) is 4.44. The number of amides is 2. The molecule has 0 saturated heterocycles. The van der Waals surface area contributed by atoms with Crippen LogP contribution in [0.5, 0.6) is 5.75 Å². The number of benzene rings is 3. The van der Waals surface area contributed by atoms with Gasteiger partial charge in [-0.25, -0.2) is 0 Å². The van der Waals surface area contributed by atoms with Crippen molar-refractivity contribution in [3.05, 3.63) is 66.7 Å². The van der Waals surface area contributed by atoms with Crippen LogP contribution in [0.25, 0.3) is 10.8 Å². The number of carbonyl (C=O) groups is 2. The summed E-state index contributed by atoms with van der Waals surface area (Å²) in [6, 6.07) is 20.9. The molecule has 3 aromatic rings. The van der Waals surface area contributed by atoms with Crippen molar-refractivity contribution in [3.8, 4) is 5.75 Å². The minimum atomic E-state index is -0.722. The second-order valence-electron chi connectivity index (χ2n) is 6.23. The Morgan fingerprint density at radius 3 is 2.65 bits per heavy atom. The molecule has 0 spiro atoms. The molecule has 5 heteroatoms. The van der Waals surface area contributed by atoms with Crippen molar-refractivity contribution in [2.24, 2.45) is 0 Å².